The van der Waals surface area contributed by atoms with Gasteiger partial charge in [0.1, 0.15) is 0 Å². The fraction of sp³-hybridized carbons (Fsp3) is 0.450. The Bertz CT molecular complexity index is 846. The van der Waals surface area contributed by atoms with Gasteiger partial charge < -0.3 is 25.8 Å². The smallest absolute Gasteiger partial charge is 0.307 e. The van der Waals surface area contributed by atoms with Gasteiger partial charge in [0.15, 0.2) is 0 Å². The molecule has 2 bridgehead atoms. The predicted octanol–water partition coefficient (Wildman–Crippen LogP) is 1.08. The Labute approximate surface area is 162 Å². The molecule has 0 radical (unpaired) electrons. The van der Waals surface area contributed by atoms with E-state index in [-0.39, 0.29) is 17.7 Å². The Kier molecular flexibility index (Phi) is 4.80. The van der Waals surface area contributed by atoms with E-state index in [2.05, 4.69) is 5.32 Å². The number of carboxylic acids is 1. The summed E-state index contributed by atoms with van der Waals surface area (Å²) in [5.74, 6) is -3.33. The van der Waals surface area contributed by atoms with E-state index in [0.29, 0.717) is 49.7 Å². The summed E-state index contributed by atoms with van der Waals surface area (Å²) in [4.78, 5) is 38.5. The molecule has 148 valence electrons. The van der Waals surface area contributed by atoms with Crippen LogP contribution in [0.2, 0.25) is 0 Å². The SMILES string of the molecule is NC(=O)c1cc(NC(=O)[C@H]2[C@H](C(=O)O)[C@H]3C=C[C@H]2C3)ccc1N1CCOCC1. The molecule has 4 rings (SSSR count). The highest BCUT2D eigenvalue weighted by Gasteiger charge is 2.51. The summed E-state index contributed by atoms with van der Waals surface area (Å²) < 4.78 is 5.34. The summed E-state index contributed by atoms with van der Waals surface area (Å²) in [5, 5.41) is 12.3. The number of primary amides is 1. The number of morpholine rings is 1. The molecule has 3 aliphatic rings. The highest BCUT2D eigenvalue weighted by atomic mass is 16.5. The third kappa shape index (κ3) is 3.24. The second-order valence-electron chi connectivity index (χ2n) is 7.52. The van der Waals surface area contributed by atoms with E-state index in [1.807, 2.05) is 17.1 Å². The van der Waals surface area contributed by atoms with Crippen LogP contribution in [-0.2, 0) is 14.3 Å². The number of ether oxygens (including phenoxy) is 1. The third-order valence-electron chi connectivity index (χ3n) is 5.93. The molecule has 8 heteroatoms. The minimum absolute atomic E-state index is 0.0608. The van der Waals surface area contributed by atoms with Crippen LogP contribution in [-0.4, -0.2) is 49.2 Å². The second-order valence-corrected chi connectivity index (χ2v) is 7.52. The zero-order valence-electron chi connectivity index (χ0n) is 15.3. The lowest BCUT2D eigenvalue weighted by atomic mass is 9.82. The molecule has 1 saturated carbocycles. The lowest BCUT2D eigenvalue weighted by molar-refractivity contribution is -0.146. The van der Waals surface area contributed by atoms with Gasteiger partial charge >= 0.3 is 5.97 Å². The van der Waals surface area contributed by atoms with E-state index < -0.39 is 23.7 Å². The van der Waals surface area contributed by atoms with Gasteiger partial charge in [0.2, 0.25) is 5.91 Å². The van der Waals surface area contributed by atoms with Gasteiger partial charge in [-0.05, 0) is 36.5 Å². The molecule has 8 nitrogen and oxygen atoms in total. The van der Waals surface area contributed by atoms with Crippen molar-refractivity contribution >= 4 is 29.2 Å². The first-order chi connectivity index (χ1) is 13.5. The van der Waals surface area contributed by atoms with Crippen molar-refractivity contribution in [2.45, 2.75) is 6.42 Å². The van der Waals surface area contributed by atoms with Crippen LogP contribution in [0.3, 0.4) is 0 Å². The molecule has 0 spiro atoms. The number of carbonyl (C=O) groups excluding carboxylic acids is 2. The number of nitrogens with one attached hydrogen (secondary N) is 1. The van der Waals surface area contributed by atoms with Gasteiger partial charge in [0.25, 0.3) is 5.91 Å². The van der Waals surface area contributed by atoms with Gasteiger partial charge in [-0.2, -0.15) is 0 Å². The van der Waals surface area contributed by atoms with Crippen LogP contribution >= 0.6 is 0 Å². The van der Waals surface area contributed by atoms with E-state index in [1.165, 1.54) is 0 Å². The first kappa shape index (κ1) is 18.5. The Morgan fingerprint density at radius 3 is 2.43 bits per heavy atom. The van der Waals surface area contributed by atoms with Gasteiger partial charge in [-0.3, -0.25) is 14.4 Å². The zero-order valence-corrected chi connectivity index (χ0v) is 15.3. The fourth-order valence-corrected chi connectivity index (χ4v) is 4.63. The van der Waals surface area contributed by atoms with E-state index in [9.17, 15) is 19.5 Å². The van der Waals surface area contributed by atoms with E-state index in [0.717, 1.165) is 0 Å². The zero-order chi connectivity index (χ0) is 19.8. The highest BCUT2D eigenvalue weighted by molar-refractivity contribution is 6.02. The number of allylic oxidation sites excluding steroid dienone is 2. The van der Waals surface area contributed by atoms with Crippen molar-refractivity contribution in [1.29, 1.82) is 0 Å². The third-order valence-corrected chi connectivity index (χ3v) is 5.93. The van der Waals surface area contributed by atoms with E-state index in [1.54, 1.807) is 18.2 Å². The maximum Gasteiger partial charge on any atom is 0.307 e. The van der Waals surface area contributed by atoms with Gasteiger partial charge in [-0.25, -0.2) is 0 Å². The van der Waals surface area contributed by atoms with Gasteiger partial charge in [-0.1, -0.05) is 12.2 Å². The second kappa shape index (κ2) is 7.27. The van der Waals surface area contributed by atoms with Gasteiger partial charge in [0, 0.05) is 24.5 Å². The number of carboxylic acid groups (broad SMARTS) is 1. The van der Waals surface area contributed by atoms with Gasteiger partial charge in [0.05, 0.1) is 30.6 Å². The molecule has 28 heavy (non-hydrogen) atoms. The van der Waals surface area contributed by atoms with Crippen molar-refractivity contribution < 1.29 is 24.2 Å². The molecule has 0 aromatic heterocycles. The molecule has 2 fully saturated rings. The predicted molar refractivity (Wildman–Crippen MR) is 102 cm³/mol. The lowest BCUT2D eigenvalue weighted by Gasteiger charge is -2.30. The van der Waals surface area contributed by atoms with Crippen LogP contribution in [0.5, 0.6) is 0 Å². The number of nitrogens with zero attached hydrogens (tertiary/aromatic N) is 1. The maximum absolute atomic E-state index is 12.8. The number of nitrogens with two attached hydrogens (primary N) is 1. The molecular formula is C20H23N3O5. The maximum atomic E-state index is 12.8. The molecule has 4 N–H and O–H groups in total. The van der Waals surface area contributed by atoms with Crippen molar-refractivity contribution in [2.75, 3.05) is 36.5 Å². The summed E-state index contributed by atoms with van der Waals surface area (Å²) in [5.41, 5.74) is 7.02. The number of hydrogen-bond acceptors (Lipinski definition) is 5. The molecule has 1 heterocycles. The number of amides is 2. The molecule has 4 atom stereocenters. The van der Waals surface area contributed by atoms with Crippen molar-refractivity contribution in [3.8, 4) is 0 Å². The minimum atomic E-state index is -0.947. The number of carbonyl (C=O) groups is 3. The largest absolute Gasteiger partial charge is 0.481 e. The standard InChI is InChI=1S/C20H23N3O5/c21-18(24)14-10-13(3-4-15(14)23-5-7-28-8-6-23)22-19(25)16-11-1-2-12(9-11)17(16)20(26)27/h1-4,10-12,16-17H,5-9H2,(H2,21,24)(H,22,25)(H,26,27)/t11-,12-,16+,17+/m0/s1. The Balaban J connectivity index is 1.55. The van der Waals surface area contributed by atoms with Gasteiger partial charge in [-0.15, -0.1) is 0 Å². The van der Waals surface area contributed by atoms with Crippen LogP contribution in [0, 0.1) is 23.7 Å². The molecule has 0 unspecified atom stereocenters. The number of rotatable bonds is 5. The Hall–Kier alpha value is -2.87. The first-order valence-corrected chi connectivity index (χ1v) is 9.44. The molecule has 1 aliphatic heterocycles. The summed E-state index contributed by atoms with van der Waals surface area (Å²) in [6.45, 7) is 2.46. The fourth-order valence-electron chi connectivity index (χ4n) is 4.63. The monoisotopic (exact) mass is 385 g/mol. The Morgan fingerprint density at radius 1 is 1.11 bits per heavy atom. The molecule has 1 aromatic carbocycles. The van der Waals surface area contributed by atoms with Crippen LogP contribution in [0.15, 0.2) is 30.4 Å². The molecular weight excluding hydrogens is 362 g/mol. The van der Waals surface area contributed by atoms with Crippen molar-refractivity contribution in [3.63, 3.8) is 0 Å². The summed E-state index contributed by atoms with van der Waals surface area (Å²) in [7, 11) is 0. The van der Waals surface area contributed by atoms with E-state index in [4.69, 9.17) is 10.5 Å². The number of fused-ring (bicyclic) bond motifs is 2. The summed E-state index contributed by atoms with van der Waals surface area (Å²) >= 11 is 0. The van der Waals surface area contributed by atoms with Crippen molar-refractivity contribution in [1.82, 2.24) is 0 Å². The van der Waals surface area contributed by atoms with Crippen LogP contribution in [0.25, 0.3) is 0 Å². The number of benzene rings is 1. The van der Waals surface area contributed by atoms with E-state index >= 15 is 0 Å². The first-order valence-electron chi connectivity index (χ1n) is 9.44. The molecule has 1 aromatic rings. The normalized spacial score (nSPS) is 28.4. The van der Waals surface area contributed by atoms with Crippen molar-refractivity contribution in [3.05, 3.63) is 35.9 Å². The topological polar surface area (TPSA) is 122 Å². The molecule has 1 saturated heterocycles. The highest BCUT2D eigenvalue weighted by Crippen LogP contribution is 2.48. The number of aliphatic carboxylic acids is 1. The quantitative estimate of drug-likeness (QED) is 0.652. The average Bonchev–Trinajstić information content (AvgIpc) is 3.30. The number of anilines is 2. The number of hydrogen-bond donors (Lipinski definition) is 3. The van der Waals surface area contributed by atoms with Crippen molar-refractivity contribution in [2.24, 2.45) is 29.4 Å². The minimum Gasteiger partial charge on any atom is -0.481 e. The average molecular weight is 385 g/mol. The summed E-state index contributed by atoms with van der Waals surface area (Å²) in [6, 6.07) is 5.04. The van der Waals surface area contributed by atoms with Crippen LogP contribution in [0.1, 0.15) is 16.8 Å². The van der Waals surface area contributed by atoms with Crippen LogP contribution < -0.4 is 16.0 Å². The molecule has 2 amide bonds. The van der Waals surface area contributed by atoms with Crippen LogP contribution in [0.4, 0.5) is 11.4 Å². The summed E-state index contributed by atoms with van der Waals surface area (Å²) in [6.07, 6.45) is 4.53. The Morgan fingerprint density at radius 2 is 1.79 bits per heavy atom. The lowest BCUT2D eigenvalue weighted by Crippen LogP contribution is -2.38. The molecule has 2 aliphatic carbocycles.